The van der Waals surface area contributed by atoms with Crippen molar-refractivity contribution in [3.8, 4) is 11.4 Å². The number of hydrogen-bond acceptors (Lipinski definition) is 5. The Bertz CT molecular complexity index is 1320. The Hall–Kier alpha value is -3.11. The lowest BCUT2D eigenvalue weighted by Gasteiger charge is -2.16. The van der Waals surface area contributed by atoms with Crippen molar-refractivity contribution in [2.45, 2.75) is 51.2 Å². The second kappa shape index (κ2) is 8.92. The minimum Gasteiger partial charge on any atom is -0.361 e. The van der Waals surface area contributed by atoms with Crippen molar-refractivity contribution in [1.29, 1.82) is 0 Å². The maximum Gasteiger partial charge on any atom is 0.149 e. The fraction of sp³-hybridized carbons (Fsp3) is 0.375. The molecule has 0 bridgehead atoms. The minimum atomic E-state index is -1.16. The van der Waals surface area contributed by atoms with Crippen LogP contribution in [0.4, 0.5) is 20.3 Å². The van der Waals surface area contributed by atoms with Gasteiger partial charge in [-0.3, -0.25) is 0 Å². The van der Waals surface area contributed by atoms with Crippen LogP contribution in [0.2, 0.25) is 25.7 Å². The Morgan fingerprint density at radius 2 is 1.94 bits per heavy atom. The molecular weight excluding hydrogens is 454 g/mol. The van der Waals surface area contributed by atoms with E-state index < -0.39 is 19.7 Å². The fourth-order valence-corrected chi connectivity index (χ4v) is 4.58. The van der Waals surface area contributed by atoms with Gasteiger partial charge in [-0.15, -0.1) is 0 Å². The van der Waals surface area contributed by atoms with E-state index in [9.17, 15) is 8.78 Å². The summed E-state index contributed by atoms with van der Waals surface area (Å²) in [6.07, 6.45) is 9.23. The molecular formula is C24H28F2N6OSi. The van der Waals surface area contributed by atoms with Crippen molar-refractivity contribution in [1.82, 2.24) is 23.9 Å². The van der Waals surface area contributed by atoms with E-state index in [0.717, 1.165) is 54.2 Å². The summed E-state index contributed by atoms with van der Waals surface area (Å²) in [5, 5.41) is 2.90. The van der Waals surface area contributed by atoms with Gasteiger partial charge in [0, 0.05) is 26.7 Å². The van der Waals surface area contributed by atoms with Crippen LogP contribution >= 0.6 is 0 Å². The van der Waals surface area contributed by atoms with E-state index in [0.29, 0.717) is 18.5 Å². The highest BCUT2D eigenvalue weighted by Gasteiger charge is 2.31. The first-order valence-corrected chi connectivity index (χ1v) is 15.2. The predicted octanol–water partition coefficient (Wildman–Crippen LogP) is 5.80. The second-order valence-corrected chi connectivity index (χ2v) is 15.6. The Balaban J connectivity index is 1.42. The molecule has 0 spiro atoms. The standard InChI is InChI=1S/C24H28F2N6OSi/c1-34(2,3)9-8-33-15-32-14-28-22(16-4-5-16)24(32)23-20-11-27-21(12-31(20)13-29-23)30-19-7-6-17(25)10-18(19)26/h6-7,10-14,16,30H,4-5,8-9,15H2,1-3H3. The number of aromatic nitrogens is 5. The number of fused-ring (bicyclic) bond motifs is 1. The molecule has 0 atom stereocenters. The highest BCUT2D eigenvalue weighted by molar-refractivity contribution is 6.76. The van der Waals surface area contributed by atoms with E-state index in [-0.39, 0.29) is 5.69 Å². The third-order valence-corrected chi connectivity index (χ3v) is 7.60. The van der Waals surface area contributed by atoms with Crippen molar-refractivity contribution in [3.63, 3.8) is 0 Å². The zero-order valence-electron chi connectivity index (χ0n) is 19.6. The molecule has 10 heteroatoms. The lowest BCUT2D eigenvalue weighted by molar-refractivity contribution is 0.0881. The normalized spacial score (nSPS) is 14.1. The SMILES string of the molecule is C[Si](C)(C)CCOCn1cnc(C2CC2)c1-c1ncn2cc(Nc3ccc(F)cc3F)ncc12. The monoisotopic (exact) mass is 482 g/mol. The largest absolute Gasteiger partial charge is 0.361 e. The van der Waals surface area contributed by atoms with Crippen LogP contribution in [-0.4, -0.2) is 38.6 Å². The second-order valence-electron chi connectivity index (χ2n) is 9.98. The van der Waals surface area contributed by atoms with Crippen molar-refractivity contribution in [3.05, 3.63) is 60.6 Å². The summed E-state index contributed by atoms with van der Waals surface area (Å²) in [6.45, 7) is 8.16. The molecule has 0 unspecified atom stereocenters. The molecule has 3 heterocycles. The molecule has 0 aliphatic heterocycles. The van der Waals surface area contributed by atoms with Crippen molar-refractivity contribution in [2.24, 2.45) is 0 Å². The van der Waals surface area contributed by atoms with Gasteiger partial charge in [0.1, 0.15) is 36.2 Å². The number of halogens is 2. The highest BCUT2D eigenvalue weighted by Crippen LogP contribution is 2.44. The summed E-state index contributed by atoms with van der Waals surface area (Å²) >= 11 is 0. The summed E-state index contributed by atoms with van der Waals surface area (Å²) in [7, 11) is -1.16. The smallest absolute Gasteiger partial charge is 0.149 e. The molecule has 1 aliphatic rings. The fourth-order valence-electron chi connectivity index (χ4n) is 3.82. The highest BCUT2D eigenvalue weighted by atomic mass is 28.3. The van der Waals surface area contributed by atoms with Gasteiger partial charge in [0.25, 0.3) is 0 Å². The quantitative estimate of drug-likeness (QED) is 0.241. The van der Waals surface area contributed by atoms with E-state index in [4.69, 9.17) is 9.72 Å². The molecule has 0 amide bonds. The van der Waals surface area contributed by atoms with E-state index >= 15 is 0 Å². The predicted molar refractivity (Wildman–Crippen MR) is 130 cm³/mol. The maximum atomic E-state index is 14.0. The molecule has 0 radical (unpaired) electrons. The molecule has 1 N–H and O–H groups in total. The molecule has 0 saturated heterocycles. The topological polar surface area (TPSA) is 69.3 Å². The van der Waals surface area contributed by atoms with Gasteiger partial charge in [0.15, 0.2) is 0 Å². The lowest BCUT2D eigenvalue weighted by Crippen LogP contribution is -2.22. The molecule has 1 aromatic carbocycles. The zero-order chi connectivity index (χ0) is 23.9. The molecule has 7 nitrogen and oxygen atoms in total. The first kappa shape index (κ1) is 22.7. The van der Waals surface area contributed by atoms with Crippen LogP contribution in [0.1, 0.15) is 24.5 Å². The van der Waals surface area contributed by atoms with Gasteiger partial charge in [0.05, 0.1) is 41.3 Å². The number of anilines is 2. The third kappa shape index (κ3) is 4.87. The van der Waals surface area contributed by atoms with Crippen LogP contribution in [0.3, 0.4) is 0 Å². The summed E-state index contributed by atoms with van der Waals surface area (Å²) in [5.41, 5.74) is 3.77. The lowest BCUT2D eigenvalue weighted by atomic mass is 10.1. The van der Waals surface area contributed by atoms with E-state index in [1.54, 1.807) is 18.7 Å². The Kier molecular flexibility index (Phi) is 5.94. The Labute approximate surface area is 197 Å². The van der Waals surface area contributed by atoms with Crippen LogP contribution in [0.15, 0.2) is 43.2 Å². The first-order valence-electron chi connectivity index (χ1n) is 11.5. The first-order chi connectivity index (χ1) is 16.3. The maximum absolute atomic E-state index is 14.0. The van der Waals surface area contributed by atoms with E-state index in [1.165, 1.54) is 12.1 Å². The van der Waals surface area contributed by atoms with E-state index in [1.807, 2.05) is 15.3 Å². The summed E-state index contributed by atoms with van der Waals surface area (Å²) in [6, 6.07) is 4.49. The number of nitrogens with one attached hydrogen (secondary N) is 1. The van der Waals surface area contributed by atoms with Crippen LogP contribution in [0, 0.1) is 11.6 Å². The molecule has 34 heavy (non-hydrogen) atoms. The number of ether oxygens (including phenoxy) is 1. The summed E-state index contributed by atoms with van der Waals surface area (Å²) < 4.78 is 37.1. The van der Waals surface area contributed by atoms with Crippen molar-refractivity contribution < 1.29 is 13.5 Å². The van der Waals surface area contributed by atoms with Gasteiger partial charge < -0.3 is 19.0 Å². The molecule has 1 fully saturated rings. The molecule has 4 aromatic rings. The number of imidazole rings is 2. The van der Waals surface area contributed by atoms with Gasteiger partial charge >= 0.3 is 0 Å². The Morgan fingerprint density at radius 1 is 1.12 bits per heavy atom. The summed E-state index contributed by atoms with van der Waals surface area (Å²) in [5.74, 6) is -0.434. The summed E-state index contributed by atoms with van der Waals surface area (Å²) in [4.78, 5) is 13.8. The van der Waals surface area contributed by atoms with Gasteiger partial charge in [-0.2, -0.15) is 0 Å². The molecule has 1 aliphatic carbocycles. The van der Waals surface area contributed by atoms with Gasteiger partial charge in [-0.1, -0.05) is 19.6 Å². The average molecular weight is 483 g/mol. The van der Waals surface area contributed by atoms with Crippen molar-refractivity contribution >= 4 is 25.1 Å². The molecule has 3 aromatic heterocycles. The van der Waals surface area contributed by atoms with Crippen LogP contribution in [0.25, 0.3) is 16.9 Å². The van der Waals surface area contributed by atoms with Crippen LogP contribution in [-0.2, 0) is 11.5 Å². The van der Waals surface area contributed by atoms with E-state index in [2.05, 4.69) is 34.9 Å². The van der Waals surface area contributed by atoms with Gasteiger partial charge in [-0.05, 0) is 31.0 Å². The van der Waals surface area contributed by atoms with Crippen LogP contribution < -0.4 is 5.32 Å². The average Bonchev–Trinajstić information content (AvgIpc) is 3.41. The third-order valence-electron chi connectivity index (χ3n) is 5.89. The number of benzene rings is 1. The number of rotatable bonds is 9. The zero-order valence-corrected chi connectivity index (χ0v) is 20.6. The minimum absolute atomic E-state index is 0.151. The van der Waals surface area contributed by atoms with Gasteiger partial charge in [0.2, 0.25) is 0 Å². The van der Waals surface area contributed by atoms with Crippen LogP contribution in [0.5, 0.6) is 0 Å². The number of hydrogen-bond donors (Lipinski definition) is 1. The van der Waals surface area contributed by atoms with Gasteiger partial charge in [-0.25, -0.2) is 23.7 Å². The molecule has 1 saturated carbocycles. The van der Waals surface area contributed by atoms with Crippen molar-refractivity contribution in [2.75, 3.05) is 11.9 Å². The number of nitrogens with zero attached hydrogens (tertiary/aromatic N) is 5. The molecule has 5 rings (SSSR count). The molecule has 178 valence electrons. The Morgan fingerprint density at radius 3 is 2.68 bits per heavy atom.